The van der Waals surface area contributed by atoms with E-state index in [0.717, 1.165) is 0 Å². The number of carboxylic acids is 1. The van der Waals surface area contributed by atoms with Crippen molar-refractivity contribution in [2.45, 2.75) is 12.1 Å². The van der Waals surface area contributed by atoms with Gasteiger partial charge >= 0.3 is 5.97 Å². The van der Waals surface area contributed by atoms with Crippen molar-refractivity contribution in [3.05, 3.63) is 35.6 Å². The number of benzene rings is 1. The number of nitrogens with zero attached hydrogens (tertiary/aromatic N) is 1. The summed E-state index contributed by atoms with van der Waals surface area (Å²) >= 11 is 0. The molecule has 0 saturated carbocycles. The van der Waals surface area contributed by atoms with Crippen LogP contribution in [0.25, 0.3) is 0 Å². The Morgan fingerprint density at radius 2 is 1.88 bits per heavy atom. The van der Waals surface area contributed by atoms with Crippen LogP contribution in [0.3, 0.4) is 0 Å². The summed E-state index contributed by atoms with van der Waals surface area (Å²) in [6.45, 7) is 0. The minimum Gasteiger partial charge on any atom is -0.480 e. The monoisotopic (exact) mass is 226 g/mol. The first-order chi connectivity index (χ1) is 7.43. The minimum absolute atomic E-state index is 0.356. The number of carbonyl (C=O) groups is 1. The van der Waals surface area contributed by atoms with Gasteiger partial charge in [0.2, 0.25) is 0 Å². The number of carboxylic acid groups (broad SMARTS) is 1. The molecule has 0 heterocycles. The quantitative estimate of drug-likeness (QED) is 0.798. The fourth-order valence-corrected chi connectivity index (χ4v) is 1.62. The second kappa shape index (κ2) is 5.05. The molecule has 0 aliphatic carbocycles. The van der Waals surface area contributed by atoms with E-state index in [1.807, 2.05) is 0 Å². The van der Waals surface area contributed by atoms with Gasteiger partial charge in [0, 0.05) is 0 Å². The van der Waals surface area contributed by atoms with E-state index in [0.29, 0.717) is 5.56 Å². The average molecular weight is 226 g/mol. The standard InChI is InChI=1S/C11H15FN2O2/c1-14(2)10(9(13)11(15)16)7-3-5-8(12)6-4-7/h3-6,9-10H,13H2,1-2H3,(H,15,16). The van der Waals surface area contributed by atoms with Crippen LogP contribution in [0, 0.1) is 5.82 Å². The molecule has 0 amide bonds. The first-order valence-corrected chi connectivity index (χ1v) is 4.83. The summed E-state index contributed by atoms with van der Waals surface area (Å²) in [6.07, 6.45) is 0. The van der Waals surface area contributed by atoms with E-state index >= 15 is 0 Å². The highest BCUT2D eigenvalue weighted by molar-refractivity contribution is 5.74. The highest BCUT2D eigenvalue weighted by Gasteiger charge is 2.27. The molecule has 0 radical (unpaired) electrons. The Kier molecular flexibility index (Phi) is 3.98. The van der Waals surface area contributed by atoms with Crippen LogP contribution in [0.4, 0.5) is 4.39 Å². The Labute approximate surface area is 93.5 Å². The SMILES string of the molecule is CN(C)C(c1ccc(F)cc1)C(N)C(=O)O. The summed E-state index contributed by atoms with van der Waals surface area (Å²) in [7, 11) is 3.47. The number of hydrogen-bond acceptors (Lipinski definition) is 3. The molecule has 0 saturated heterocycles. The van der Waals surface area contributed by atoms with Crippen LogP contribution in [-0.2, 0) is 4.79 Å². The largest absolute Gasteiger partial charge is 0.480 e. The molecule has 0 aliphatic rings. The summed E-state index contributed by atoms with van der Waals surface area (Å²) in [6, 6.07) is 4.16. The molecule has 0 aromatic heterocycles. The lowest BCUT2D eigenvalue weighted by Crippen LogP contribution is -2.43. The van der Waals surface area contributed by atoms with Crippen LogP contribution in [-0.4, -0.2) is 36.1 Å². The predicted octanol–water partition coefficient (Wildman–Crippen LogP) is 0.840. The Morgan fingerprint density at radius 1 is 1.38 bits per heavy atom. The van der Waals surface area contributed by atoms with Crippen LogP contribution < -0.4 is 5.73 Å². The van der Waals surface area contributed by atoms with Gasteiger partial charge in [0.1, 0.15) is 11.9 Å². The fourth-order valence-electron chi connectivity index (χ4n) is 1.62. The molecule has 1 aromatic rings. The van der Waals surface area contributed by atoms with Gasteiger partial charge in [-0.2, -0.15) is 0 Å². The van der Waals surface area contributed by atoms with Gasteiger partial charge in [-0.1, -0.05) is 12.1 Å². The Balaban J connectivity index is 3.03. The molecule has 16 heavy (non-hydrogen) atoms. The molecule has 1 rings (SSSR count). The van der Waals surface area contributed by atoms with Gasteiger partial charge in [0.05, 0.1) is 6.04 Å². The maximum atomic E-state index is 12.7. The Bertz CT molecular complexity index is 365. The molecule has 3 N–H and O–H groups in total. The van der Waals surface area contributed by atoms with E-state index < -0.39 is 18.1 Å². The third-order valence-electron chi connectivity index (χ3n) is 2.39. The van der Waals surface area contributed by atoms with Gasteiger partial charge in [0.15, 0.2) is 0 Å². The molecule has 0 bridgehead atoms. The van der Waals surface area contributed by atoms with E-state index in [1.54, 1.807) is 31.1 Å². The summed E-state index contributed by atoms with van der Waals surface area (Å²) in [5.41, 5.74) is 6.28. The number of hydrogen-bond donors (Lipinski definition) is 2. The van der Waals surface area contributed by atoms with Crippen molar-refractivity contribution in [3.8, 4) is 0 Å². The summed E-state index contributed by atoms with van der Waals surface area (Å²) in [5.74, 6) is -1.44. The van der Waals surface area contributed by atoms with E-state index in [-0.39, 0.29) is 5.82 Å². The van der Waals surface area contributed by atoms with Crippen LogP contribution in [0.1, 0.15) is 11.6 Å². The van der Waals surface area contributed by atoms with E-state index in [1.165, 1.54) is 12.1 Å². The molecule has 1 aromatic carbocycles. The van der Waals surface area contributed by atoms with Crippen LogP contribution in [0.15, 0.2) is 24.3 Å². The Morgan fingerprint density at radius 3 is 2.25 bits per heavy atom. The number of likely N-dealkylation sites (N-methyl/N-ethyl adjacent to an activating group) is 1. The van der Waals surface area contributed by atoms with Gasteiger partial charge in [0.25, 0.3) is 0 Å². The molecule has 0 spiro atoms. The summed E-state index contributed by atoms with van der Waals surface area (Å²) in [5, 5.41) is 8.89. The van der Waals surface area contributed by atoms with E-state index in [4.69, 9.17) is 10.8 Å². The number of aliphatic carboxylic acids is 1. The van der Waals surface area contributed by atoms with Crippen LogP contribution >= 0.6 is 0 Å². The third-order valence-corrected chi connectivity index (χ3v) is 2.39. The van der Waals surface area contributed by atoms with Crippen molar-refractivity contribution in [2.75, 3.05) is 14.1 Å². The lowest BCUT2D eigenvalue weighted by atomic mass is 9.99. The topological polar surface area (TPSA) is 66.6 Å². The molecule has 2 unspecified atom stereocenters. The van der Waals surface area contributed by atoms with Gasteiger partial charge in [-0.05, 0) is 31.8 Å². The number of halogens is 1. The van der Waals surface area contributed by atoms with E-state index in [2.05, 4.69) is 0 Å². The lowest BCUT2D eigenvalue weighted by molar-refractivity contribution is -0.140. The average Bonchev–Trinajstić information content (AvgIpc) is 2.20. The molecule has 5 heteroatoms. The molecular weight excluding hydrogens is 211 g/mol. The first kappa shape index (κ1) is 12.6. The van der Waals surface area contributed by atoms with Crippen molar-refractivity contribution in [2.24, 2.45) is 5.73 Å². The van der Waals surface area contributed by atoms with Crippen LogP contribution in [0.2, 0.25) is 0 Å². The van der Waals surface area contributed by atoms with Crippen LogP contribution in [0.5, 0.6) is 0 Å². The molecule has 4 nitrogen and oxygen atoms in total. The first-order valence-electron chi connectivity index (χ1n) is 4.83. The molecule has 0 aliphatic heterocycles. The zero-order chi connectivity index (χ0) is 12.3. The summed E-state index contributed by atoms with van der Waals surface area (Å²) in [4.78, 5) is 12.6. The molecule has 2 atom stereocenters. The normalized spacial score (nSPS) is 14.8. The predicted molar refractivity (Wildman–Crippen MR) is 58.4 cm³/mol. The smallest absolute Gasteiger partial charge is 0.322 e. The summed E-state index contributed by atoms with van der Waals surface area (Å²) < 4.78 is 12.7. The van der Waals surface area contributed by atoms with E-state index in [9.17, 15) is 9.18 Å². The van der Waals surface area contributed by atoms with Crippen molar-refractivity contribution in [3.63, 3.8) is 0 Å². The van der Waals surface area contributed by atoms with Gasteiger partial charge in [-0.25, -0.2) is 4.39 Å². The van der Waals surface area contributed by atoms with Crippen molar-refractivity contribution < 1.29 is 14.3 Å². The van der Waals surface area contributed by atoms with Gasteiger partial charge in [-0.3, -0.25) is 4.79 Å². The fraction of sp³-hybridized carbons (Fsp3) is 0.364. The molecular formula is C11H15FN2O2. The van der Waals surface area contributed by atoms with Crippen molar-refractivity contribution in [1.29, 1.82) is 0 Å². The van der Waals surface area contributed by atoms with Gasteiger partial charge < -0.3 is 15.7 Å². The molecule has 88 valence electrons. The number of nitrogens with two attached hydrogens (primary N) is 1. The highest BCUT2D eigenvalue weighted by Crippen LogP contribution is 2.21. The minimum atomic E-state index is -1.08. The maximum absolute atomic E-state index is 12.7. The zero-order valence-corrected chi connectivity index (χ0v) is 9.22. The van der Waals surface area contributed by atoms with Crippen molar-refractivity contribution in [1.82, 2.24) is 4.90 Å². The second-order valence-corrected chi connectivity index (χ2v) is 3.82. The maximum Gasteiger partial charge on any atom is 0.322 e. The van der Waals surface area contributed by atoms with Gasteiger partial charge in [-0.15, -0.1) is 0 Å². The second-order valence-electron chi connectivity index (χ2n) is 3.82. The van der Waals surface area contributed by atoms with Crippen molar-refractivity contribution >= 4 is 5.97 Å². The number of rotatable bonds is 4. The Hall–Kier alpha value is -1.46. The third kappa shape index (κ3) is 2.77. The zero-order valence-electron chi connectivity index (χ0n) is 9.22. The lowest BCUT2D eigenvalue weighted by Gasteiger charge is -2.27. The molecule has 0 fully saturated rings. The highest BCUT2D eigenvalue weighted by atomic mass is 19.1.